The molecular weight excluding hydrogens is 379 g/mol. The Bertz CT molecular complexity index is 713. The summed E-state index contributed by atoms with van der Waals surface area (Å²) in [6.45, 7) is 6.26. The maximum Gasteiger partial charge on any atom is 0.360 e. The molecule has 0 aliphatic rings. The first-order chi connectivity index (χ1) is 12.7. The van der Waals surface area contributed by atoms with Gasteiger partial charge >= 0.3 is 7.60 Å². The lowest BCUT2D eigenvalue weighted by Crippen LogP contribution is -2.67. The van der Waals surface area contributed by atoms with Gasteiger partial charge in [-0.15, -0.1) is 0 Å². The van der Waals surface area contributed by atoms with Crippen LogP contribution in [0.1, 0.15) is 20.8 Å². The summed E-state index contributed by atoms with van der Waals surface area (Å²) in [7, 11) is -3.93. The molecule has 0 radical (unpaired) electrons. The lowest BCUT2D eigenvalue weighted by Gasteiger charge is -2.43. The van der Waals surface area contributed by atoms with Crippen molar-refractivity contribution in [2.24, 2.45) is 0 Å². The molecule has 27 heavy (non-hydrogen) atoms. The molecule has 0 spiro atoms. The number of benzene rings is 2. The van der Waals surface area contributed by atoms with E-state index in [9.17, 15) is 9.67 Å². The summed E-state index contributed by atoms with van der Waals surface area (Å²) in [5.41, 5.74) is 0. The zero-order valence-corrected chi connectivity index (χ0v) is 18.5. The Kier molecular flexibility index (Phi) is 7.19. The van der Waals surface area contributed by atoms with E-state index < -0.39 is 21.8 Å². The minimum absolute atomic E-state index is 0.147. The van der Waals surface area contributed by atoms with Crippen LogP contribution in [0.5, 0.6) is 0 Å². The Morgan fingerprint density at radius 2 is 1.33 bits per heavy atom. The van der Waals surface area contributed by atoms with Crippen molar-refractivity contribution in [1.82, 2.24) is 0 Å². The van der Waals surface area contributed by atoms with Gasteiger partial charge in [-0.1, -0.05) is 81.4 Å². The highest BCUT2D eigenvalue weighted by atomic mass is 31.2. The fourth-order valence-corrected chi connectivity index (χ4v) is 8.97. The Hall–Kier alpha value is -1.27. The molecule has 0 aliphatic heterocycles. The molecule has 1 N–H and O–H groups in total. The van der Waals surface area contributed by atoms with Gasteiger partial charge in [0.15, 0.2) is 5.85 Å². The van der Waals surface area contributed by atoms with Gasteiger partial charge in [0.1, 0.15) is 0 Å². The summed E-state index contributed by atoms with van der Waals surface area (Å²) >= 11 is 0. The van der Waals surface area contributed by atoms with Crippen molar-refractivity contribution in [3.05, 3.63) is 60.7 Å². The van der Waals surface area contributed by atoms with E-state index in [1.165, 1.54) is 14.2 Å². The van der Waals surface area contributed by atoms with Crippen molar-refractivity contribution >= 4 is 26.3 Å². The molecule has 0 saturated heterocycles. The van der Waals surface area contributed by atoms with Crippen LogP contribution in [0, 0.1) is 0 Å². The highest BCUT2D eigenvalue weighted by molar-refractivity contribution is 7.54. The smallest absolute Gasteiger partial charge is 0.360 e. The minimum Gasteiger partial charge on any atom is -0.404 e. The maximum absolute atomic E-state index is 12.5. The number of rotatable bonds is 8. The molecule has 0 bridgehead atoms. The summed E-state index contributed by atoms with van der Waals surface area (Å²) < 4.78 is 28.9. The van der Waals surface area contributed by atoms with E-state index in [4.69, 9.17) is 13.5 Å². The van der Waals surface area contributed by atoms with Crippen LogP contribution in [0.2, 0.25) is 5.04 Å². The van der Waals surface area contributed by atoms with Gasteiger partial charge in [-0.2, -0.15) is 0 Å². The van der Waals surface area contributed by atoms with Gasteiger partial charge in [0, 0.05) is 14.2 Å². The number of hydrogen-bond donors (Lipinski definition) is 1. The summed E-state index contributed by atoms with van der Waals surface area (Å²) in [5.74, 6) is -1.37. The van der Waals surface area contributed by atoms with E-state index in [2.05, 4.69) is 45.0 Å². The Morgan fingerprint density at radius 3 is 1.67 bits per heavy atom. The fourth-order valence-electron chi connectivity index (χ4n) is 3.37. The third kappa shape index (κ3) is 4.42. The highest BCUT2D eigenvalue weighted by Crippen LogP contribution is 2.51. The largest absolute Gasteiger partial charge is 0.404 e. The van der Waals surface area contributed by atoms with Gasteiger partial charge in [-0.25, -0.2) is 0 Å². The number of aliphatic hydroxyl groups is 1. The first kappa shape index (κ1) is 22.0. The zero-order valence-electron chi connectivity index (χ0n) is 16.6. The molecule has 7 heteroatoms. The second kappa shape index (κ2) is 8.82. The first-order valence-corrected chi connectivity index (χ1v) is 12.4. The van der Waals surface area contributed by atoms with Crippen LogP contribution >= 0.6 is 7.60 Å². The van der Waals surface area contributed by atoms with Crippen molar-refractivity contribution in [2.45, 2.75) is 31.7 Å². The third-order valence-electron chi connectivity index (χ3n) is 4.74. The summed E-state index contributed by atoms with van der Waals surface area (Å²) in [6.07, 6.45) is 0. The third-order valence-corrected chi connectivity index (χ3v) is 11.6. The molecule has 148 valence electrons. The van der Waals surface area contributed by atoms with E-state index >= 15 is 0 Å². The molecule has 2 rings (SSSR count). The molecule has 0 fully saturated rings. The molecule has 0 saturated carbocycles. The molecule has 0 heterocycles. The van der Waals surface area contributed by atoms with E-state index in [0.717, 1.165) is 10.4 Å². The Balaban J connectivity index is 2.55. The van der Waals surface area contributed by atoms with Gasteiger partial charge in [0.25, 0.3) is 8.32 Å². The van der Waals surface area contributed by atoms with Gasteiger partial charge in [0.05, 0.1) is 6.61 Å². The highest BCUT2D eigenvalue weighted by Gasteiger charge is 2.51. The maximum atomic E-state index is 12.5. The number of hydrogen-bond acceptors (Lipinski definition) is 5. The van der Waals surface area contributed by atoms with E-state index in [1.807, 2.05) is 36.4 Å². The standard InChI is InChI=1S/C20H29O5PSi/c1-20(2,3)27(17-12-8-6-9-13-17,18-14-10-7-11-15-18)25-16-19(21)26(22,23-4)24-5/h6-15,19,21H,16H2,1-5H3. The first-order valence-electron chi connectivity index (χ1n) is 8.85. The van der Waals surface area contributed by atoms with Crippen LogP contribution in [-0.2, 0) is 18.0 Å². The predicted molar refractivity (Wildman–Crippen MR) is 111 cm³/mol. The van der Waals surface area contributed by atoms with Crippen LogP contribution < -0.4 is 10.4 Å². The summed E-state index contributed by atoms with van der Waals surface area (Å²) in [4.78, 5) is 0. The molecule has 1 unspecified atom stereocenters. The molecule has 0 amide bonds. The molecule has 5 nitrogen and oxygen atoms in total. The summed E-state index contributed by atoms with van der Waals surface area (Å²) in [6, 6.07) is 20.1. The van der Waals surface area contributed by atoms with E-state index in [-0.39, 0.29) is 11.6 Å². The zero-order chi connectivity index (χ0) is 20.1. The van der Waals surface area contributed by atoms with Gasteiger partial charge in [-0.05, 0) is 15.4 Å². The van der Waals surface area contributed by atoms with Crippen LogP contribution in [0.4, 0.5) is 0 Å². The van der Waals surface area contributed by atoms with Gasteiger partial charge in [-0.3, -0.25) is 4.57 Å². The molecule has 2 aromatic carbocycles. The average Bonchev–Trinajstić information content (AvgIpc) is 2.68. The van der Waals surface area contributed by atoms with Crippen molar-refractivity contribution in [1.29, 1.82) is 0 Å². The van der Waals surface area contributed by atoms with Gasteiger partial charge in [0.2, 0.25) is 0 Å². The number of aliphatic hydroxyl groups excluding tert-OH is 1. The molecular formula is C20H29O5PSi. The Morgan fingerprint density at radius 1 is 0.926 bits per heavy atom. The van der Waals surface area contributed by atoms with E-state index in [1.54, 1.807) is 0 Å². The molecule has 2 aromatic rings. The Labute approximate surface area is 163 Å². The van der Waals surface area contributed by atoms with Crippen LogP contribution in [0.15, 0.2) is 60.7 Å². The van der Waals surface area contributed by atoms with Crippen molar-refractivity contribution in [3.63, 3.8) is 0 Å². The lowest BCUT2D eigenvalue weighted by atomic mass is 10.2. The van der Waals surface area contributed by atoms with Crippen molar-refractivity contribution in [3.8, 4) is 0 Å². The predicted octanol–water partition coefficient (Wildman–Crippen LogP) is 3.37. The fraction of sp³-hybridized carbons (Fsp3) is 0.400. The normalized spacial score (nSPS) is 14.1. The SMILES string of the molecule is COP(=O)(OC)C(O)CO[Si](c1ccccc1)(c1ccccc1)C(C)(C)C. The molecule has 1 atom stereocenters. The second-order valence-corrected chi connectivity index (χ2v) is 14.1. The summed E-state index contributed by atoms with van der Waals surface area (Å²) in [5, 5.41) is 12.4. The van der Waals surface area contributed by atoms with Crippen LogP contribution in [-0.4, -0.2) is 40.1 Å². The average molecular weight is 409 g/mol. The van der Waals surface area contributed by atoms with E-state index in [0.29, 0.717) is 0 Å². The molecule has 0 aliphatic carbocycles. The van der Waals surface area contributed by atoms with Crippen LogP contribution in [0.25, 0.3) is 0 Å². The van der Waals surface area contributed by atoms with Gasteiger partial charge < -0.3 is 18.6 Å². The minimum atomic E-state index is -3.64. The monoisotopic (exact) mass is 408 g/mol. The van der Waals surface area contributed by atoms with Crippen molar-refractivity contribution in [2.75, 3.05) is 20.8 Å². The van der Waals surface area contributed by atoms with Crippen molar-refractivity contribution < 1.29 is 23.1 Å². The van der Waals surface area contributed by atoms with Crippen LogP contribution in [0.3, 0.4) is 0 Å². The quantitative estimate of drug-likeness (QED) is 0.536. The molecule has 0 aromatic heterocycles. The second-order valence-electron chi connectivity index (χ2n) is 7.36. The topological polar surface area (TPSA) is 65.0 Å². The lowest BCUT2D eigenvalue weighted by molar-refractivity contribution is 0.121.